The topological polar surface area (TPSA) is 38.8 Å². The van der Waals surface area contributed by atoms with E-state index >= 15 is 0 Å². The van der Waals surface area contributed by atoms with E-state index in [0.29, 0.717) is 6.61 Å². The summed E-state index contributed by atoms with van der Waals surface area (Å²) >= 11 is 0. The van der Waals surface area contributed by atoms with Crippen LogP contribution in [0.1, 0.15) is 44.6 Å². The molecule has 2 aliphatic rings. The second-order valence-electron chi connectivity index (χ2n) is 7.98. The lowest BCUT2D eigenvalue weighted by atomic mass is 9.73. The Kier molecular flexibility index (Phi) is 6.95. The van der Waals surface area contributed by atoms with Crippen molar-refractivity contribution < 1.29 is 14.3 Å². The van der Waals surface area contributed by atoms with Gasteiger partial charge in [0.25, 0.3) is 0 Å². The molecule has 1 aromatic carbocycles. The Morgan fingerprint density at radius 1 is 1.26 bits per heavy atom. The van der Waals surface area contributed by atoms with Crippen LogP contribution in [0.5, 0.6) is 5.75 Å². The zero-order chi connectivity index (χ0) is 19.1. The number of esters is 1. The summed E-state index contributed by atoms with van der Waals surface area (Å²) in [5.74, 6) is 1.57. The van der Waals surface area contributed by atoms with Gasteiger partial charge in [0.05, 0.1) is 19.1 Å². The normalized spacial score (nSPS) is 22.4. The number of likely N-dealkylation sites (tertiary alicyclic amines) is 1. The summed E-state index contributed by atoms with van der Waals surface area (Å²) in [5, 5.41) is 0. The van der Waals surface area contributed by atoms with Crippen LogP contribution in [-0.2, 0) is 16.0 Å². The molecule has 0 spiro atoms. The Bertz CT molecular complexity index is 647. The van der Waals surface area contributed by atoms with Crippen LogP contribution in [0.4, 0.5) is 0 Å². The van der Waals surface area contributed by atoms with Gasteiger partial charge in [-0.15, -0.1) is 0 Å². The summed E-state index contributed by atoms with van der Waals surface area (Å²) in [7, 11) is 1.68. The highest BCUT2D eigenvalue weighted by atomic mass is 16.5. The molecule has 0 aromatic heterocycles. The van der Waals surface area contributed by atoms with Crippen LogP contribution in [0.3, 0.4) is 0 Å². The maximum absolute atomic E-state index is 12.9. The molecule has 148 valence electrons. The molecule has 3 rings (SSSR count). The van der Waals surface area contributed by atoms with Gasteiger partial charge in [-0.25, -0.2) is 0 Å². The van der Waals surface area contributed by atoms with Crippen LogP contribution in [0.2, 0.25) is 0 Å². The minimum atomic E-state index is -0.411. The van der Waals surface area contributed by atoms with Gasteiger partial charge in [-0.05, 0) is 82.2 Å². The fourth-order valence-electron chi connectivity index (χ4n) is 4.46. The maximum atomic E-state index is 12.9. The first-order chi connectivity index (χ1) is 13.1. The predicted octanol–water partition coefficient (Wildman–Crippen LogP) is 4.24. The number of carbonyl (C=O) groups is 1. The number of methoxy groups -OCH3 is 1. The lowest BCUT2D eigenvalue weighted by molar-refractivity contribution is -0.158. The molecule has 27 heavy (non-hydrogen) atoms. The molecule has 0 saturated carbocycles. The largest absolute Gasteiger partial charge is 0.497 e. The number of ether oxygens (including phenoxy) is 2. The van der Waals surface area contributed by atoms with Crippen LogP contribution in [-0.4, -0.2) is 44.2 Å². The van der Waals surface area contributed by atoms with E-state index in [1.807, 2.05) is 25.1 Å². The molecule has 0 radical (unpaired) electrons. The van der Waals surface area contributed by atoms with Gasteiger partial charge in [-0.1, -0.05) is 24.3 Å². The lowest BCUT2D eigenvalue weighted by Crippen LogP contribution is -2.47. The first-order valence-corrected chi connectivity index (χ1v) is 10.3. The van der Waals surface area contributed by atoms with E-state index < -0.39 is 5.41 Å². The average molecular weight is 372 g/mol. The van der Waals surface area contributed by atoms with E-state index in [0.717, 1.165) is 56.1 Å². The molecule has 0 unspecified atom stereocenters. The molecule has 0 bridgehead atoms. The third kappa shape index (κ3) is 5.13. The summed E-state index contributed by atoms with van der Waals surface area (Å²) in [4.78, 5) is 15.4. The number of hydrogen-bond donors (Lipinski definition) is 0. The van der Waals surface area contributed by atoms with Gasteiger partial charge >= 0.3 is 5.97 Å². The van der Waals surface area contributed by atoms with Crippen molar-refractivity contribution in [2.24, 2.45) is 11.3 Å². The second-order valence-corrected chi connectivity index (χ2v) is 7.98. The zero-order valence-corrected chi connectivity index (χ0v) is 16.8. The quantitative estimate of drug-likeness (QED) is 0.531. The SMILES string of the molecule is CCOC(=O)C1(Cc2cccc(OC)c2)CCN(C[C@H]2CC=CCC2)CC1. The van der Waals surface area contributed by atoms with Crippen molar-refractivity contribution in [3.63, 3.8) is 0 Å². The molecule has 1 aliphatic heterocycles. The minimum Gasteiger partial charge on any atom is -0.497 e. The van der Waals surface area contributed by atoms with Crippen molar-refractivity contribution >= 4 is 5.97 Å². The molecule has 0 amide bonds. The van der Waals surface area contributed by atoms with E-state index in [-0.39, 0.29) is 5.97 Å². The summed E-state index contributed by atoms with van der Waals surface area (Å²) in [5.41, 5.74) is 0.735. The van der Waals surface area contributed by atoms with Gasteiger partial charge in [0.2, 0.25) is 0 Å². The predicted molar refractivity (Wildman–Crippen MR) is 108 cm³/mol. The molecule has 1 aromatic rings. The molecule has 4 heteroatoms. The first-order valence-electron chi connectivity index (χ1n) is 10.3. The van der Waals surface area contributed by atoms with Crippen molar-refractivity contribution in [1.82, 2.24) is 4.90 Å². The monoisotopic (exact) mass is 371 g/mol. The highest BCUT2D eigenvalue weighted by molar-refractivity contribution is 5.77. The molecule has 0 N–H and O–H groups in total. The Labute approximate surface area is 163 Å². The molecule has 1 atom stereocenters. The summed E-state index contributed by atoms with van der Waals surface area (Å²) in [6.07, 6.45) is 10.8. The number of allylic oxidation sites excluding steroid dienone is 2. The number of benzene rings is 1. The standard InChI is InChI=1S/C23H33NO3/c1-3-27-22(25)23(17-20-10-7-11-21(16-20)26-2)12-14-24(15-13-23)18-19-8-5-4-6-9-19/h4-5,7,10-11,16,19H,3,6,8-9,12-15,17-18H2,1-2H3/t19-/m0/s1. The van der Waals surface area contributed by atoms with E-state index in [4.69, 9.17) is 9.47 Å². The van der Waals surface area contributed by atoms with Crippen LogP contribution < -0.4 is 4.74 Å². The molecule has 1 heterocycles. The van der Waals surface area contributed by atoms with Gasteiger partial charge < -0.3 is 14.4 Å². The lowest BCUT2D eigenvalue weighted by Gasteiger charge is -2.41. The van der Waals surface area contributed by atoms with Crippen molar-refractivity contribution in [2.75, 3.05) is 33.4 Å². The zero-order valence-electron chi connectivity index (χ0n) is 16.8. The van der Waals surface area contributed by atoms with Gasteiger partial charge in [0.1, 0.15) is 5.75 Å². The van der Waals surface area contributed by atoms with Crippen LogP contribution >= 0.6 is 0 Å². The highest BCUT2D eigenvalue weighted by Crippen LogP contribution is 2.38. The molecular weight excluding hydrogens is 338 g/mol. The third-order valence-electron chi connectivity index (χ3n) is 6.09. The molecule has 1 saturated heterocycles. The van der Waals surface area contributed by atoms with Gasteiger partial charge in [0.15, 0.2) is 0 Å². The van der Waals surface area contributed by atoms with Crippen molar-refractivity contribution in [3.8, 4) is 5.75 Å². The van der Waals surface area contributed by atoms with Gasteiger partial charge in [0, 0.05) is 6.54 Å². The average Bonchev–Trinajstić information content (AvgIpc) is 2.71. The first kappa shape index (κ1) is 19.9. The van der Waals surface area contributed by atoms with Gasteiger partial charge in [-0.2, -0.15) is 0 Å². The Balaban J connectivity index is 1.67. The third-order valence-corrected chi connectivity index (χ3v) is 6.09. The molecule has 4 nitrogen and oxygen atoms in total. The number of nitrogens with zero attached hydrogens (tertiary/aromatic N) is 1. The van der Waals surface area contributed by atoms with Crippen LogP contribution in [0.25, 0.3) is 0 Å². The number of piperidine rings is 1. The smallest absolute Gasteiger partial charge is 0.312 e. The Hall–Kier alpha value is -1.81. The van der Waals surface area contributed by atoms with E-state index in [1.54, 1.807) is 7.11 Å². The highest BCUT2D eigenvalue weighted by Gasteiger charge is 2.43. The minimum absolute atomic E-state index is 0.0342. The van der Waals surface area contributed by atoms with Crippen molar-refractivity contribution in [2.45, 2.75) is 45.4 Å². The second kappa shape index (κ2) is 9.41. The van der Waals surface area contributed by atoms with Crippen LogP contribution in [0, 0.1) is 11.3 Å². The number of rotatable bonds is 7. The summed E-state index contributed by atoms with van der Waals surface area (Å²) in [6, 6.07) is 8.08. The summed E-state index contributed by atoms with van der Waals surface area (Å²) < 4.78 is 10.9. The van der Waals surface area contributed by atoms with Crippen molar-refractivity contribution in [1.29, 1.82) is 0 Å². The Morgan fingerprint density at radius 3 is 2.74 bits per heavy atom. The molecular formula is C23H33NO3. The van der Waals surface area contributed by atoms with Crippen LogP contribution in [0.15, 0.2) is 36.4 Å². The molecule has 1 aliphatic carbocycles. The Morgan fingerprint density at radius 2 is 2.07 bits per heavy atom. The van der Waals surface area contributed by atoms with Crippen molar-refractivity contribution in [3.05, 3.63) is 42.0 Å². The van der Waals surface area contributed by atoms with E-state index in [1.165, 1.54) is 19.3 Å². The fraction of sp³-hybridized carbons (Fsp3) is 0.609. The summed E-state index contributed by atoms with van der Waals surface area (Å²) in [6.45, 7) is 5.44. The number of hydrogen-bond acceptors (Lipinski definition) is 4. The fourth-order valence-corrected chi connectivity index (χ4v) is 4.46. The number of carbonyl (C=O) groups excluding carboxylic acids is 1. The van der Waals surface area contributed by atoms with E-state index in [9.17, 15) is 4.79 Å². The van der Waals surface area contributed by atoms with Gasteiger partial charge in [-0.3, -0.25) is 4.79 Å². The van der Waals surface area contributed by atoms with E-state index in [2.05, 4.69) is 23.1 Å². The maximum Gasteiger partial charge on any atom is 0.312 e. The molecule has 1 fully saturated rings.